The minimum atomic E-state index is 0.119. The number of hydrogen-bond donors (Lipinski definition) is 1. The number of halogens is 1. The second kappa shape index (κ2) is 6.32. The Bertz CT molecular complexity index is 531. The molecule has 0 aromatic heterocycles. The Morgan fingerprint density at radius 3 is 2.35 bits per heavy atom. The number of nitrogens with two attached hydrogens (primary N) is 1. The molecule has 0 radical (unpaired) electrons. The van der Waals surface area contributed by atoms with Gasteiger partial charge in [-0.2, -0.15) is 0 Å². The molecule has 0 aliphatic heterocycles. The van der Waals surface area contributed by atoms with Crippen molar-refractivity contribution >= 4 is 11.6 Å². The van der Waals surface area contributed by atoms with E-state index in [0.717, 1.165) is 10.6 Å². The van der Waals surface area contributed by atoms with Crippen molar-refractivity contribution in [2.24, 2.45) is 5.73 Å². The first kappa shape index (κ1) is 14.9. The highest BCUT2D eigenvalue weighted by Gasteiger charge is 2.32. The summed E-state index contributed by atoms with van der Waals surface area (Å²) in [6.45, 7) is 5.81. The molecule has 106 valence electrons. The SMILES string of the molecule is C=C(N)C(/C=C/C1(c2ccc(Cl)cc2)CCCC1)=C/C. The van der Waals surface area contributed by atoms with Gasteiger partial charge in [0.25, 0.3) is 0 Å². The zero-order valence-corrected chi connectivity index (χ0v) is 12.8. The van der Waals surface area contributed by atoms with Crippen molar-refractivity contribution in [1.82, 2.24) is 0 Å². The van der Waals surface area contributed by atoms with Crippen molar-refractivity contribution in [3.8, 4) is 0 Å². The second-order valence-electron chi connectivity index (χ2n) is 5.47. The summed E-state index contributed by atoms with van der Waals surface area (Å²) in [5.41, 5.74) is 8.89. The van der Waals surface area contributed by atoms with Gasteiger partial charge in [0.2, 0.25) is 0 Å². The smallest absolute Gasteiger partial charge is 0.0406 e. The van der Waals surface area contributed by atoms with Gasteiger partial charge >= 0.3 is 0 Å². The summed E-state index contributed by atoms with van der Waals surface area (Å²) in [5.74, 6) is 0. The van der Waals surface area contributed by atoms with E-state index in [1.807, 2.05) is 25.1 Å². The van der Waals surface area contributed by atoms with Gasteiger partial charge in [-0.1, -0.05) is 61.4 Å². The van der Waals surface area contributed by atoms with Crippen LogP contribution in [0.3, 0.4) is 0 Å². The van der Waals surface area contributed by atoms with Gasteiger partial charge in [-0.15, -0.1) is 0 Å². The van der Waals surface area contributed by atoms with E-state index in [0.29, 0.717) is 5.70 Å². The maximum absolute atomic E-state index is 6.00. The first-order chi connectivity index (χ1) is 9.57. The predicted molar refractivity (Wildman–Crippen MR) is 87.8 cm³/mol. The van der Waals surface area contributed by atoms with Crippen LogP contribution >= 0.6 is 11.6 Å². The third-order valence-electron chi connectivity index (χ3n) is 4.18. The molecule has 0 spiro atoms. The molecule has 2 N–H and O–H groups in total. The molecule has 1 saturated carbocycles. The molecule has 1 aliphatic carbocycles. The topological polar surface area (TPSA) is 26.0 Å². The molecule has 0 bridgehead atoms. The zero-order valence-electron chi connectivity index (χ0n) is 12.0. The highest BCUT2D eigenvalue weighted by molar-refractivity contribution is 6.30. The van der Waals surface area contributed by atoms with Crippen LogP contribution in [0.2, 0.25) is 5.02 Å². The standard InChI is InChI=1S/C18H22ClN/c1-3-15(14(2)20)10-13-18(11-4-5-12-18)16-6-8-17(19)9-7-16/h3,6-10,13H,2,4-5,11-12,20H2,1H3/b13-10+,15-3+. The average molecular weight is 288 g/mol. The van der Waals surface area contributed by atoms with E-state index in [1.165, 1.54) is 31.2 Å². The summed E-state index contributed by atoms with van der Waals surface area (Å²) in [7, 11) is 0. The molecule has 1 aliphatic rings. The highest BCUT2D eigenvalue weighted by Crippen LogP contribution is 2.42. The Labute approximate surface area is 126 Å². The number of hydrogen-bond acceptors (Lipinski definition) is 1. The molecule has 1 nitrogen and oxygen atoms in total. The minimum absolute atomic E-state index is 0.119. The van der Waals surface area contributed by atoms with Crippen LogP contribution in [0, 0.1) is 0 Å². The van der Waals surface area contributed by atoms with Crippen molar-refractivity contribution in [1.29, 1.82) is 0 Å². The Kier molecular flexibility index (Phi) is 4.72. The highest BCUT2D eigenvalue weighted by atomic mass is 35.5. The molecule has 0 unspecified atom stereocenters. The van der Waals surface area contributed by atoms with Gasteiger partial charge in [-0.3, -0.25) is 0 Å². The summed E-state index contributed by atoms with van der Waals surface area (Å²) < 4.78 is 0. The molecule has 0 amide bonds. The van der Waals surface area contributed by atoms with Crippen LogP contribution in [0.4, 0.5) is 0 Å². The van der Waals surface area contributed by atoms with E-state index in [9.17, 15) is 0 Å². The van der Waals surface area contributed by atoms with E-state index in [4.69, 9.17) is 17.3 Å². The second-order valence-corrected chi connectivity index (χ2v) is 5.91. The quantitative estimate of drug-likeness (QED) is 0.764. The van der Waals surface area contributed by atoms with Gasteiger partial charge in [0.1, 0.15) is 0 Å². The molecule has 2 heteroatoms. The van der Waals surface area contributed by atoms with Crippen LogP contribution in [0.15, 0.2) is 60.3 Å². The molecular formula is C18H22ClN. The van der Waals surface area contributed by atoms with Gasteiger partial charge < -0.3 is 5.73 Å². The summed E-state index contributed by atoms with van der Waals surface area (Å²) in [6, 6.07) is 8.24. The summed E-state index contributed by atoms with van der Waals surface area (Å²) in [5, 5.41) is 0.787. The van der Waals surface area contributed by atoms with Crippen LogP contribution in [0.5, 0.6) is 0 Å². The molecule has 1 aromatic carbocycles. The van der Waals surface area contributed by atoms with Gasteiger partial charge in [0.15, 0.2) is 0 Å². The van der Waals surface area contributed by atoms with Gasteiger partial charge in [-0.25, -0.2) is 0 Å². The number of rotatable bonds is 4. The van der Waals surface area contributed by atoms with Gasteiger partial charge in [-0.05, 0) is 43.0 Å². The predicted octanol–water partition coefficient (Wildman–Crippen LogP) is 5.13. The van der Waals surface area contributed by atoms with E-state index in [1.54, 1.807) is 0 Å². The zero-order chi connectivity index (χ0) is 14.6. The Hall–Kier alpha value is -1.47. The van der Waals surface area contributed by atoms with E-state index >= 15 is 0 Å². The molecule has 1 aromatic rings. The Morgan fingerprint density at radius 2 is 1.85 bits per heavy atom. The molecule has 2 rings (SSSR count). The molecule has 0 atom stereocenters. The summed E-state index contributed by atoms with van der Waals surface area (Å²) >= 11 is 6.00. The van der Waals surface area contributed by atoms with Gasteiger partial charge in [0.05, 0.1) is 0 Å². The van der Waals surface area contributed by atoms with Crippen LogP contribution < -0.4 is 5.73 Å². The maximum atomic E-state index is 6.00. The van der Waals surface area contributed by atoms with Crippen LogP contribution in [-0.2, 0) is 5.41 Å². The monoisotopic (exact) mass is 287 g/mol. The van der Waals surface area contributed by atoms with Crippen molar-refractivity contribution in [2.45, 2.75) is 38.0 Å². The fraction of sp³-hybridized carbons (Fsp3) is 0.333. The lowest BCUT2D eigenvalue weighted by Crippen LogP contribution is -2.18. The first-order valence-corrected chi connectivity index (χ1v) is 7.51. The van der Waals surface area contributed by atoms with E-state index in [-0.39, 0.29) is 5.41 Å². The Balaban J connectivity index is 2.33. The van der Waals surface area contributed by atoms with E-state index in [2.05, 4.69) is 30.9 Å². The molecule has 0 heterocycles. The largest absolute Gasteiger partial charge is 0.399 e. The van der Waals surface area contributed by atoms with Crippen LogP contribution in [0.1, 0.15) is 38.2 Å². The van der Waals surface area contributed by atoms with Crippen LogP contribution in [0.25, 0.3) is 0 Å². The van der Waals surface area contributed by atoms with E-state index < -0.39 is 0 Å². The first-order valence-electron chi connectivity index (χ1n) is 7.14. The number of benzene rings is 1. The van der Waals surface area contributed by atoms with Crippen LogP contribution in [-0.4, -0.2) is 0 Å². The molecule has 1 fully saturated rings. The number of allylic oxidation sites excluding steroid dienone is 3. The maximum Gasteiger partial charge on any atom is 0.0406 e. The molecular weight excluding hydrogens is 266 g/mol. The van der Waals surface area contributed by atoms with Gasteiger partial charge in [0, 0.05) is 16.1 Å². The van der Waals surface area contributed by atoms with Crippen molar-refractivity contribution in [2.75, 3.05) is 0 Å². The fourth-order valence-electron chi connectivity index (χ4n) is 2.98. The molecule has 20 heavy (non-hydrogen) atoms. The summed E-state index contributed by atoms with van der Waals surface area (Å²) in [4.78, 5) is 0. The normalized spacial score (nSPS) is 18.6. The summed E-state index contributed by atoms with van der Waals surface area (Å²) in [6.07, 6.45) is 11.3. The van der Waals surface area contributed by atoms with Crippen molar-refractivity contribution < 1.29 is 0 Å². The Morgan fingerprint density at radius 1 is 1.25 bits per heavy atom. The lowest BCUT2D eigenvalue weighted by Gasteiger charge is -2.26. The fourth-order valence-corrected chi connectivity index (χ4v) is 3.10. The third kappa shape index (κ3) is 3.16. The average Bonchev–Trinajstić information content (AvgIpc) is 2.90. The van der Waals surface area contributed by atoms with Crippen molar-refractivity contribution in [3.05, 3.63) is 70.9 Å². The van der Waals surface area contributed by atoms with Crippen molar-refractivity contribution in [3.63, 3.8) is 0 Å². The lowest BCUT2D eigenvalue weighted by atomic mass is 9.78. The minimum Gasteiger partial charge on any atom is -0.399 e. The lowest BCUT2D eigenvalue weighted by molar-refractivity contribution is 0.557. The molecule has 0 saturated heterocycles. The third-order valence-corrected chi connectivity index (χ3v) is 4.43.